The second-order valence-electron chi connectivity index (χ2n) is 5.44. The number of amidine groups is 1. The van der Waals surface area contributed by atoms with Crippen LogP contribution in [-0.4, -0.2) is 28.4 Å². The zero-order chi connectivity index (χ0) is 18.9. The number of primary sulfonamides is 1. The Morgan fingerprint density at radius 3 is 2.44 bits per heavy atom. The van der Waals surface area contributed by atoms with Gasteiger partial charge in [-0.15, -0.1) is 11.8 Å². The molecule has 0 saturated heterocycles. The molecule has 1 aliphatic rings. The Balaban J connectivity index is 0.00000261. The molecule has 0 radical (unpaired) electrons. The maximum absolute atomic E-state index is 12.4. The number of aliphatic imine (C=N–C) groups is 1. The Morgan fingerprint density at radius 2 is 1.81 bits per heavy atom. The van der Waals surface area contributed by atoms with E-state index in [-0.39, 0.29) is 38.5 Å². The maximum Gasteiger partial charge on any atom is 0.265 e. The molecule has 146 valence electrons. The normalized spacial score (nSPS) is 15.1. The van der Waals surface area contributed by atoms with Crippen LogP contribution in [-0.2, 0) is 42.9 Å². The summed E-state index contributed by atoms with van der Waals surface area (Å²) in [6, 6.07) is 11.8. The molecule has 3 N–H and O–H groups in total. The van der Waals surface area contributed by atoms with E-state index in [9.17, 15) is 16.8 Å². The number of hydrogen-bond acceptors (Lipinski definition) is 6. The SMILES string of the molecule is NS(=O)(=O)c1cc2c(cc1Cl)N=C(CSCc1ccccc1)NS2(=O)=O.[Fe]. The van der Waals surface area contributed by atoms with Crippen molar-refractivity contribution in [2.75, 3.05) is 5.75 Å². The summed E-state index contributed by atoms with van der Waals surface area (Å²) in [6.45, 7) is 0. The number of hydrogen-bond donors (Lipinski definition) is 2. The quantitative estimate of drug-likeness (QED) is 0.627. The van der Waals surface area contributed by atoms with E-state index < -0.39 is 24.9 Å². The van der Waals surface area contributed by atoms with Crippen molar-refractivity contribution < 1.29 is 33.9 Å². The van der Waals surface area contributed by atoms with Gasteiger partial charge in [-0.05, 0) is 17.7 Å². The number of benzene rings is 2. The number of sulfonamides is 2. The minimum atomic E-state index is -4.15. The van der Waals surface area contributed by atoms with Crippen molar-refractivity contribution in [3.8, 4) is 0 Å². The summed E-state index contributed by atoms with van der Waals surface area (Å²) < 4.78 is 50.3. The van der Waals surface area contributed by atoms with Crippen LogP contribution in [0.1, 0.15) is 5.56 Å². The van der Waals surface area contributed by atoms with Crippen LogP contribution < -0.4 is 9.86 Å². The van der Waals surface area contributed by atoms with Gasteiger partial charge < -0.3 is 0 Å². The molecule has 1 aliphatic heterocycles. The molecule has 0 spiro atoms. The van der Waals surface area contributed by atoms with E-state index in [0.29, 0.717) is 11.5 Å². The van der Waals surface area contributed by atoms with E-state index in [1.54, 1.807) is 0 Å². The third-order valence-corrected chi connectivity index (χ3v) is 7.27. The molecule has 3 rings (SSSR count). The maximum atomic E-state index is 12.4. The molecule has 2 aromatic rings. The summed E-state index contributed by atoms with van der Waals surface area (Å²) in [6.07, 6.45) is 0. The van der Waals surface area contributed by atoms with Crippen molar-refractivity contribution in [3.63, 3.8) is 0 Å². The molecular formula is C15H14ClFeN3O4S3. The Morgan fingerprint density at radius 1 is 1.15 bits per heavy atom. The first-order valence-corrected chi connectivity index (χ1v) is 11.8. The third kappa shape index (κ3) is 5.26. The smallest absolute Gasteiger partial charge is 0.265 e. The molecule has 12 heteroatoms. The Hall–Kier alpha value is -1.07. The summed E-state index contributed by atoms with van der Waals surface area (Å²) in [4.78, 5) is 3.51. The van der Waals surface area contributed by atoms with Crippen LogP contribution in [0.5, 0.6) is 0 Å². The van der Waals surface area contributed by atoms with Crippen molar-refractivity contribution in [1.29, 1.82) is 0 Å². The van der Waals surface area contributed by atoms with Gasteiger partial charge in [-0.25, -0.2) is 27.0 Å². The molecule has 1 heterocycles. The average molecular weight is 488 g/mol. The molecule has 0 saturated carbocycles. The van der Waals surface area contributed by atoms with Gasteiger partial charge in [0.2, 0.25) is 10.0 Å². The molecule has 7 nitrogen and oxygen atoms in total. The van der Waals surface area contributed by atoms with Crippen LogP contribution in [0, 0.1) is 0 Å². The molecule has 27 heavy (non-hydrogen) atoms. The molecule has 0 amide bonds. The van der Waals surface area contributed by atoms with Crippen LogP contribution >= 0.6 is 23.4 Å². The number of nitrogens with two attached hydrogens (primary N) is 1. The van der Waals surface area contributed by atoms with E-state index in [1.165, 1.54) is 17.8 Å². The van der Waals surface area contributed by atoms with Crippen molar-refractivity contribution in [2.24, 2.45) is 10.1 Å². The van der Waals surface area contributed by atoms with E-state index in [4.69, 9.17) is 16.7 Å². The first kappa shape index (κ1) is 22.2. The zero-order valence-electron chi connectivity index (χ0n) is 13.6. The second-order valence-corrected chi connectivity index (χ2v) is 10.0. The third-order valence-electron chi connectivity index (χ3n) is 3.47. The van der Waals surface area contributed by atoms with Crippen molar-refractivity contribution in [3.05, 3.63) is 53.1 Å². The fourth-order valence-corrected chi connectivity index (χ4v) is 5.64. The van der Waals surface area contributed by atoms with Gasteiger partial charge in [-0.3, -0.25) is 4.72 Å². The van der Waals surface area contributed by atoms with E-state index in [1.807, 2.05) is 30.3 Å². The summed E-state index contributed by atoms with van der Waals surface area (Å²) in [7, 11) is -8.11. The van der Waals surface area contributed by atoms with E-state index >= 15 is 0 Å². The number of fused-ring (bicyclic) bond motifs is 1. The van der Waals surface area contributed by atoms with Gasteiger partial charge in [-0.1, -0.05) is 41.9 Å². The molecule has 0 fully saturated rings. The Labute approximate surface area is 177 Å². The standard InChI is InChI=1S/C15H14ClN3O4S3.Fe/c16-11-6-12-14(7-13(11)25(17,20)21)26(22,23)19-15(18-12)9-24-8-10-4-2-1-3-5-10;/h1-7H,8-9H2,(H,18,19)(H2,17,20,21);. The number of halogens is 1. The molecule has 0 bridgehead atoms. The Bertz CT molecular complexity index is 1090. The molecule has 2 aromatic carbocycles. The number of rotatable bonds is 5. The van der Waals surface area contributed by atoms with Crippen molar-refractivity contribution >= 4 is 54.9 Å². The predicted octanol–water partition coefficient (Wildman–Crippen LogP) is 2.24. The van der Waals surface area contributed by atoms with Gasteiger partial charge in [0.05, 0.1) is 16.5 Å². The summed E-state index contributed by atoms with van der Waals surface area (Å²) >= 11 is 7.42. The van der Waals surface area contributed by atoms with Crippen LogP contribution in [0.3, 0.4) is 0 Å². The van der Waals surface area contributed by atoms with Crippen LogP contribution in [0.4, 0.5) is 5.69 Å². The fraction of sp³-hybridized carbons (Fsp3) is 0.133. The zero-order valence-corrected chi connectivity index (χ0v) is 17.9. The minimum absolute atomic E-state index is 0. The van der Waals surface area contributed by atoms with Crippen LogP contribution in [0.2, 0.25) is 5.02 Å². The van der Waals surface area contributed by atoms with E-state index in [2.05, 4.69) is 9.71 Å². The molecule has 0 atom stereocenters. The monoisotopic (exact) mass is 487 g/mol. The molecule has 0 aliphatic carbocycles. The first-order valence-electron chi connectivity index (χ1n) is 7.25. The predicted molar refractivity (Wildman–Crippen MR) is 103 cm³/mol. The second kappa shape index (κ2) is 8.52. The number of nitrogens with one attached hydrogen (secondary N) is 1. The van der Waals surface area contributed by atoms with Gasteiger partial charge in [0.1, 0.15) is 15.6 Å². The van der Waals surface area contributed by atoms with Gasteiger partial charge in [0, 0.05) is 22.8 Å². The topological polar surface area (TPSA) is 119 Å². The summed E-state index contributed by atoms with van der Waals surface area (Å²) in [5.74, 6) is 1.28. The van der Waals surface area contributed by atoms with Crippen LogP contribution in [0.25, 0.3) is 0 Å². The molecular weight excluding hydrogens is 474 g/mol. The first-order chi connectivity index (χ1) is 12.2. The Kier molecular flexibility index (Phi) is 7.01. The molecule has 0 unspecified atom stereocenters. The van der Waals surface area contributed by atoms with Gasteiger partial charge in [0.25, 0.3) is 10.0 Å². The largest absolute Gasteiger partial charge is 0.266 e. The van der Waals surface area contributed by atoms with Crippen LogP contribution in [0.15, 0.2) is 57.2 Å². The van der Waals surface area contributed by atoms with Crippen molar-refractivity contribution in [1.82, 2.24) is 4.72 Å². The minimum Gasteiger partial charge on any atom is -0.266 e. The van der Waals surface area contributed by atoms with Crippen molar-refractivity contribution in [2.45, 2.75) is 15.5 Å². The van der Waals surface area contributed by atoms with Gasteiger partial charge >= 0.3 is 0 Å². The van der Waals surface area contributed by atoms with Gasteiger partial charge in [0.15, 0.2) is 0 Å². The summed E-state index contributed by atoms with van der Waals surface area (Å²) in [5.41, 5.74) is 1.19. The number of thioether (sulfide) groups is 1. The van der Waals surface area contributed by atoms with Gasteiger partial charge in [-0.2, -0.15) is 0 Å². The molecule has 0 aromatic heterocycles. The number of nitrogens with zero attached hydrogens (tertiary/aromatic N) is 1. The summed E-state index contributed by atoms with van der Waals surface area (Å²) in [5, 5.41) is 4.88. The van der Waals surface area contributed by atoms with E-state index in [0.717, 1.165) is 11.6 Å². The average Bonchev–Trinajstić information content (AvgIpc) is 2.53. The fourth-order valence-electron chi connectivity index (χ4n) is 2.32.